The van der Waals surface area contributed by atoms with Gasteiger partial charge >= 0.3 is 6.03 Å². The second-order valence-corrected chi connectivity index (χ2v) is 6.63. The van der Waals surface area contributed by atoms with Gasteiger partial charge in [0.05, 0.1) is 13.7 Å². The number of rotatable bonds is 8. The molecule has 2 aromatic rings. The normalized spacial score (nSPS) is 14.8. The Morgan fingerprint density at radius 2 is 1.69 bits per heavy atom. The summed E-state index contributed by atoms with van der Waals surface area (Å²) in [6, 6.07) is 17.7. The molecule has 0 radical (unpaired) electrons. The van der Waals surface area contributed by atoms with Crippen LogP contribution in [0.5, 0.6) is 11.5 Å². The number of urea groups is 1. The fourth-order valence-electron chi connectivity index (χ4n) is 3.28. The Bertz CT molecular complexity index is 697. The summed E-state index contributed by atoms with van der Waals surface area (Å²) in [6.07, 6.45) is 3.46. The number of carbonyl (C=O) groups excluding carboxylic acids is 1. The minimum atomic E-state index is -0.148. The van der Waals surface area contributed by atoms with Crippen molar-refractivity contribution in [2.45, 2.75) is 24.7 Å². The minimum absolute atomic E-state index is 0.0954. The molecule has 1 saturated carbocycles. The van der Waals surface area contributed by atoms with Crippen molar-refractivity contribution in [1.29, 1.82) is 0 Å². The van der Waals surface area contributed by atoms with E-state index in [0.717, 1.165) is 24.3 Å². The number of benzene rings is 2. The molecule has 0 bridgehead atoms. The molecule has 0 atom stereocenters. The standard InChI is InChI=1S/C21H26N2O3/c1-25-18-8-10-19(11-9-18)26-15-14-22-20(24)23-16-21(12-5-13-21)17-6-3-2-4-7-17/h2-4,6-11H,5,12-16H2,1H3,(H2,22,23,24). The molecule has 2 amide bonds. The third-order valence-corrected chi connectivity index (χ3v) is 5.00. The van der Waals surface area contributed by atoms with Crippen LogP contribution < -0.4 is 20.1 Å². The number of amides is 2. The van der Waals surface area contributed by atoms with E-state index in [9.17, 15) is 4.79 Å². The lowest BCUT2D eigenvalue weighted by Crippen LogP contribution is -2.48. The summed E-state index contributed by atoms with van der Waals surface area (Å²) >= 11 is 0. The Labute approximate surface area is 154 Å². The van der Waals surface area contributed by atoms with Crippen molar-refractivity contribution < 1.29 is 14.3 Å². The van der Waals surface area contributed by atoms with Crippen LogP contribution in [0.25, 0.3) is 0 Å². The monoisotopic (exact) mass is 354 g/mol. The molecule has 2 N–H and O–H groups in total. The van der Waals surface area contributed by atoms with Crippen molar-refractivity contribution in [1.82, 2.24) is 10.6 Å². The van der Waals surface area contributed by atoms with E-state index in [1.807, 2.05) is 30.3 Å². The summed E-state index contributed by atoms with van der Waals surface area (Å²) in [6.45, 7) is 1.54. The van der Waals surface area contributed by atoms with Crippen LogP contribution in [0.3, 0.4) is 0 Å². The summed E-state index contributed by atoms with van der Waals surface area (Å²) in [5, 5.41) is 5.86. The van der Waals surface area contributed by atoms with Gasteiger partial charge in [0, 0.05) is 12.0 Å². The van der Waals surface area contributed by atoms with Crippen LogP contribution in [-0.4, -0.2) is 32.8 Å². The van der Waals surface area contributed by atoms with E-state index in [1.54, 1.807) is 7.11 Å². The van der Waals surface area contributed by atoms with E-state index in [-0.39, 0.29) is 11.4 Å². The largest absolute Gasteiger partial charge is 0.497 e. The average Bonchev–Trinajstić information content (AvgIpc) is 2.66. The number of methoxy groups -OCH3 is 1. The van der Waals surface area contributed by atoms with Gasteiger partial charge in [-0.3, -0.25) is 0 Å². The second-order valence-electron chi connectivity index (χ2n) is 6.63. The van der Waals surface area contributed by atoms with Crippen molar-refractivity contribution in [2.24, 2.45) is 0 Å². The lowest BCUT2D eigenvalue weighted by atomic mass is 9.64. The number of hydrogen-bond acceptors (Lipinski definition) is 3. The van der Waals surface area contributed by atoms with Gasteiger partial charge in [-0.25, -0.2) is 4.79 Å². The van der Waals surface area contributed by atoms with Gasteiger partial charge in [-0.15, -0.1) is 0 Å². The van der Waals surface area contributed by atoms with Crippen molar-refractivity contribution >= 4 is 6.03 Å². The number of ether oxygens (including phenoxy) is 2. The molecule has 5 nitrogen and oxygen atoms in total. The molecule has 1 aliphatic carbocycles. The molecule has 0 unspecified atom stereocenters. The fourth-order valence-corrected chi connectivity index (χ4v) is 3.28. The first-order valence-electron chi connectivity index (χ1n) is 9.06. The van der Waals surface area contributed by atoms with Crippen molar-refractivity contribution in [3.63, 3.8) is 0 Å². The van der Waals surface area contributed by atoms with E-state index < -0.39 is 0 Å². The summed E-state index contributed by atoms with van der Waals surface area (Å²) < 4.78 is 10.7. The number of nitrogens with one attached hydrogen (secondary N) is 2. The Balaban J connectivity index is 1.37. The third-order valence-electron chi connectivity index (χ3n) is 5.00. The molecule has 2 aromatic carbocycles. The Morgan fingerprint density at radius 1 is 1.00 bits per heavy atom. The van der Waals surface area contributed by atoms with Crippen LogP contribution in [0, 0.1) is 0 Å². The molecular weight excluding hydrogens is 328 g/mol. The van der Waals surface area contributed by atoms with Crippen LogP contribution in [0.15, 0.2) is 54.6 Å². The smallest absolute Gasteiger partial charge is 0.314 e. The average molecular weight is 354 g/mol. The quantitative estimate of drug-likeness (QED) is 0.714. The zero-order chi connectivity index (χ0) is 18.2. The number of carbonyl (C=O) groups is 1. The second kappa shape index (κ2) is 8.61. The highest BCUT2D eigenvalue weighted by molar-refractivity contribution is 5.74. The minimum Gasteiger partial charge on any atom is -0.497 e. The predicted molar refractivity (Wildman–Crippen MR) is 102 cm³/mol. The lowest BCUT2D eigenvalue weighted by molar-refractivity contribution is 0.213. The van der Waals surface area contributed by atoms with E-state index in [2.05, 4.69) is 34.9 Å². The van der Waals surface area contributed by atoms with Gasteiger partial charge in [-0.1, -0.05) is 36.8 Å². The van der Waals surface area contributed by atoms with Crippen molar-refractivity contribution in [2.75, 3.05) is 26.8 Å². The summed E-state index contributed by atoms with van der Waals surface area (Å²) in [5.74, 6) is 1.55. The molecule has 0 saturated heterocycles. The highest BCUT2D eigenvalue weighted by Gasteiger charge is 2.38. The number of hydrogen-bond donors (Lipinski definition) is 2. The van der Waals surface area contributed by atoms with Gasteiger partial charge in [0.15, 0.2) is 0 Å². The maximum atomic E-state index is 12.1. The SMILES string of the molecule is COc1ccc(OCCNC(=O)NCC2(c3ccccc3)CCC2)cc1. The van der Waals surface area contributed by atoms with E-state index in [1.165, 1.54) is 12.0 Å². The van der Waals surface area contributed by atoms with Gasteiger partial charge in [0.1, 0.15) is 18.1 Å². The molecule has 0 heterocycles. The molecule has 1 aliphatic rings. The molecule has 1 fully saturated rings. The van der Waals surface area contributed by atoms with E-state index >= 15 is 0 Å². The molecule has 0 aliphatic heterocycles. The lowest BCUT2D eigenvalue weighted by Gasteiger charge is -2.42. The van der Waals surface area contributed by atoms with Gasteiger partial charge in [0.25, 0.3) is 0 Å². The molecule has 0 spiro atoms. The first-order chi connectivity index (χ1) is 12.7. The molecule has 3 rings (SSSR count). The van der Waals surface area contributed by atoms with Gasteiger partial charge in [-0.05, 0) is 42.7 Å². The molecule has 5 heteroatoms. The first-order valence-corrected chi connectivity index (χ1v) is 9.06. The summed E-state index contributed by atoms with van der Waals surface area (Å²) in [4.78, 5) is 12.1. The van der Waals surface area contributed by atoms with E-state index in [4.69, 9.17) is 9.47 Å². The van der Waals surface area contributed by atoms with Gasteiger partial charge in [-0.2, -0.15) is 0 Å². The summed E-state index contributed by atoms with van der Waals surface area (Å²) in [5.41, 5.74) is 1.41. The van der Waals surface area contributed by atoms with Crippen LogP contribution in [0.2, 0.25) is 0 Å². The maximum Gasteiger partial charge on any atom is 0.314 e. The molecular formula is C21H26N2O3. The van der Waals surface area contributed by atoms with Crippen molar-refractivity contribution in [3.05, 3.63) is 60.2 Å². The Hall–Kier alpha value is -2.69. The topological polar surface area (TPSA) is 59.6 Å². The molecule has 0 aromatic heterocycles. The van der Waals surface area contributed by atoms with Gasteiger partial charge in [0.2, 0.25) is 0 Å². The highest BCUT2D eigenvalue weighted by Crippen LogP contribution is 2.43. The Morgan fingerprint density at radius 3 is 2.31 bits per heavy atom. The zero-order valence-corrected chi connectivity index (χ0v) is 15.2. The molecule has 138 valence electrons. The fraction of sp³-hybridized carbons (Fsp3) is 0.381. The highest BCUT2D eigenvalue weighted by atomic mass is 16.5. The summed E-state index contributed by atoms with van der Waals surface area (Å²) in [7, 11) is 1.63. The van der Waals surface area contributed by atoms with Crippen LogP contribution >= 0.6 is 0 Å². The first kappa shape index (κ1) is 18.1. The molecule has 26 heavy (non-hydrogen) atoms. The predicted octanol–water partition coefficient (Wildman–Crippen LogP) is 3.50. The van der Waals surface area contributed by atoms with E-state index in [0.29, 0.717) is 19.7 Å². The van der Waals surface area contributed by atoms with Crippen LogP contribution in [0.1, 0.15) is 24.8 Å². The third kappa shape index (κ3) is 4.48. The zero-order valence-electron chi connectivity index (χ0n) is 15.2. The Kier molecular flexibility index (Phi) is 6.00. The maximum absolute atomic E-state index is 12.1. The van der Waals surface area contributed by atoms with Crippen LogP contribution in [-0.2, 0) is 5.41 Å². The van der Waals surface area contributed by atoms with Gasteiger partial charge < -0.3 is 20.1 Å². The van der Waals surface area contributed by atoms with Crippen LogP contribution in [0.4, 0.5) is 4.79 Å². The van der Waals surface area contributed by atoms with Crippen molar-refractivity contribution in [3.8, 4) is 11.5 Å².